The Morgan fingerprint density at radius 2 is 1.93 bits per heavy atom. The number of halogens is 3. The van der Waals surface area contributed by atoms with E-state index in [9.17, 15) is 13.2 Å². The summed E-state index contributed by atoms with van der Waals surface area (Å²) < 4.78 is 39.9. The molecule has 2 heterocycles. The van der Waals surface area contributed by atoms with Crippen LogP contribution in [0.3, 0.4) is 0 Å². The summed E-state index contributed by atoms with van der Waals surface area (Å²) in [6.07, 6.45) is 0.810. The van der Waals surface area contributed by atoms with Crippen LogP contribution in [0.2, 0.25) is 0 Å². The van der Waals surface area contributed by atoms with Gasteiger partial charge in [0.25, 0.3) is 0 Å². The lowest BCUT2D eigenvalue weighted by molar-refractivity contribution is -0.137. The average Bonchev–Trinajstić information content (AvgIpc) is 2.65. The second kappa shape index (κ2) is 8.00. The van der Waals surface area contributed by atoms with Crippen LogP contribution in [-0.4, -0.2) is 33.4 Å². The van der Waals surface area contributed by atoms with Gasteiger partial charge in [-0.1, -0.05) is 25.5 Å². The minimum atomic E-state index is -4.46. The van der Waals surface area contributed by atoms with Crippen molar-refractivity contribution in [3.63, 3.8) is 0 Å². The molecule has 4 nitrogen and oxygen atoms in total. The minimum Gasteiger partial charge on any atom is -0.299 e. The van der Waals surface area contributed by atoms with Gasteiger partial charge in [0.05, 0.1) is 23.3 Å². The number of benzene rings is 1. The van der Waals surface area contributed by atoms with Gasteiger partial charge >= 0.3 is 6.18 Å². The third-order valence-electron chi connectivity index (χ3n) is 4.32. The Morgan fingerprint density at radius 1 is 1.11 bits per heavy atom. The lowest BCUT2D eigenvalue weighted by atomic mass is 10.0. The van der Waals surface area contributed by atoms with E-state index in [1.54, 1.807) is 24.4 Å². The van der Waals surface area contributed by atoms with Gasteiger partial charge < -0.3 is 0 Å². The number of pyridine rings is 1. The average molecular weight is 374 g/mol. The molecule has 0 amide bonds. The van der Waals surface area contributed by atoms with Gasteiger partial charge in [-0.05, 0) is 38.2 Å². The van der Waals surface area contributed by atoms with Crippen LogP contribution < -0.4 is 0 Å². The Morgan fingerprint density at radius 3 is 2.67 bits per heavy atom. The molecule has 142 valence electrons. The van der Waals surface area contributed by atoms with Crippen molar-refractivity contribution in [2.75, 3.05) is 13.6 Å². The van der Waals surface area contributed by atoms with Crippen molar-refractivity contribution >= 4 is 10.9 Å². The maximum atomic E-state index is 13.3. The number of alkyl halides is 3. The van der Waals surface area contributed by atoms with Crippen molar-refractivity contribution < 1.29 is 13.2 Å². The topological polar surface area (TPSA) is 41.9 Å². The third kappa shape index (κ3) is 4.60. The minimum absolute atomic E-state index is 0.0906. The fourth-order valence-electron chi connectivity index (χ4n) is 2.90. The number of nitrogens with zero attached hydrogens (tertiary/aromatic N) is 4. The summed E-state index contributed by atoms with van der Waals surface area (Å²) in [6.45, 7) is 3.67. The Kier molecular flexibility index (Phi) is 5.70. The predicted molar refractivity (Wildman–Crippen MR) is 99.0 cm³/mol. The van der Waals surface area contributed by atoms with Crippen LogP contribution in [0.5, 0.6) is 0 Å². The lowest BCUT2D eigenvalue weighted by Gasteiger charge is -2.15. The number of fused-ring (bicyclic) bond motifs is 1. The fraction of sp³-hybridized carbons (Fsp3) is 0.350. The van der Waals surface area contributed by atoms with E-state index in [-0.39, 0.29) is 5.69 Å². The molecule has 3 rings (SSSR count). The highest BCUT2D eigenvalue weighted by Gasteiger charge is 2.34. The Hall–Kier alpha value is -2.54. The van der Waals surface area contributed by atoms with Crippen molar-refractivity contribution in [1.82, 2.24) is 19.9 Å². The van der Waals surface area contributed by atoms with E-state index in [0.717, 1.165) is 30.8 Å². The van der Waals surface area contributed by atoms with E-state index >= 15 is 0 Å². The van der Waals surface area contributed by atoms with Crippen LogP contribution in [0.4, 0.5) is 13.2 Å². The van der Waals surface area contributed by atoms with Crippen LogP contribution in [-0.2, 0) is 12.7 Å². The first-order chi connectivity index (χ1) is 12.9. The van der Waals surface area contributed by atoms with Crippen LogP contribution in [0, 0.1) is 0 Å². The third-order valence-corrected chi connectivity index (χ3v) is 4.32. The highest BCUT2D eigenvalue weighted by molar-refractivity contribution is 5.83. The van der Waals surface area contributed by atoms with Gasteiger partial charge in [-0.2, -0.15) is 13.2 Å². The van der Waals surface area contributed by atoms with Gasteiger partial charge in [0, 0.05) is 23.3 Å². The largest absolute Gasteiger partial charge is 0.418 e. The molecule has 0 radical (unpaired) electrons. The second-order valence-corrected chi connectivity index (χ2v) is 6.55. The van der Waals surface area contributed by atoms with Crippen molar-refractivity contribution in [2.45, 2.75) is 32.5 Å². The summed E-state index contributed by atoms with van der Waals surface area (Å²) in [5, 5.41) is 0.781. The quantitative estimate of drug-likeness (QED) is 0.613. The molecular weight excluding hydrogens is 353 g/mol. The number of unbranched alkanes of at least 4 members (excludes halogenated alkanes) is 1. The maximum Gasteiger partial charge on any atom is 0.418 e. The normalized spacial score (nSPS) is 12.1. The molecule has 0 spiro atoms. The predicted octanol–water partition coefficient (Wildman–Crippen LogP) is 4.94. The lowest BCUT2D eigenvalue weighted by Crippen LogP contribution is -2.20. The van der Waals surface area contributed by atoms with Crippen molar-refractivity contribution in [1.29, 1.82) is 0 Å². The molecule has 0 bridgehead atoms. The highest BCUT2D eigenvalue weighted by Crippen LogP contribution is 2.36. The molecule has 2 aromatic heterocycles. The molecule has 0 N–H and O–H groups in total. The van der Waals surface area contributed by atoms with Crippen molar-refractivity contribution in [3.8, 4) is 11.3 Å². The first-order valence-electron chi connectivity index (χ1n) is 8.85. The second-order valence-electron chi connectivity index (χ2n) is 6.55. The van der Waals surface area contributed by atoms with Gasteiger partial charge in [-0.25, -0.2) is 9.97 Å². The summed E-state index contributed by atoms with van der Waals surface area (Å²) in [4.78, 5) is 15.0. The van der Waals surface area contributed by atoms with Crippen molar-refractivity contribution in [2.24, 2.45) is 0 Å². The Bertz CT molecular complexity index is 924. The number of rotatable bonds is 6. The number of hydrogen-bond acceptors (Lipinski definition) is 4. The Labute approximate surface area is 156 Å². The molecule has 0 saturated heterocycles. The molecule has 0 atom stereocenters. The molecule has 3 aromatic rings. The van der Waals surface area contributed by atoms with Gasteiger partial charge in [0.2, 0.25) is 0 Å². The summed E-state index contributed by atoms with van der Waals surface area (Å²) in [6, 6.07) is 7.32. The van der Waals surface area contributed by atoms with E-state index in [1.165, 1.54) is 12.3 Å². The van der Waals surface area contributed by atoms with Gasteiger partial charge in [-0.3, -0.25) is 9.88 Å². The molecule has 1 aromatic carbocycles. The zero-order chi connectivity index (χ0) is 19.4. The number of aromatic nitrogens is 3. The molecule has 0 unspecified atom stereocenters. The van der Waals surface area contributed by atoms with E-state index in [4.69, 9.17) is 0 Å². The van der Waals surface area contributed by atoms with E-state index < -0.39 is 11.7 Å². The fourth-order valence-corrected chi connectivity index (χ4v) is 2.90. The van der Waals surface area contributed by atoms with Gasteiger partial charge in [0.1, 0.15) is 5.82 Å². The van der Waals surface area contributed by atoms with Crippen LogP contribution in [0.25, 0.3) is 22.2 Å². The van der Waals surface area contributed by atoms with E-state index in [1.807, 2.05) is 7.05 Å². The first-order valence-corrected chi connectivity index (χ1v) is 8.85. The van der Waals surface area contributed by atoms with E-state index in [0.29, 0.717) is 23.4 Å². The first kappa shape index (κ1) is 19.2. The molecule has 0 aliphatic rings. The molecular formula is C20H21F3N4. The molecule has 7 heteroatoms. The molecule has 0 aliphatic heterocycles. The zero-order valence-electron chi connectivity index (χ0n) is 15.3. The maximum absolute atomic E-state index is 13.3. The summed E-state index contributed by atoms with van der Waals surface area (Å²) in [5.41, 5.74) is 0.157. The molecule has 0 aliphatic carbocycles. The van der Waals surface area contributed by atoms with Crippen LogP contribution >= 0.6 is 0 Å². The summed E-state index contributed by atoms with van der Waals surface area (Å²) in [5.74, 6) is 0.648. The molecule has 0 fully saturated rings. The SMILES string of the molecule is CCCCN(C)Cc1ncc2ccc(-c3ncccc3C(F)(F)F)cc2n1. The summed E-state index contributed by atoms with van der Waals surface area (Å²) >= 11 is 0. The zero-order valence-corrected chi connectivity index (χ0v) is 15.3. The van der Waals surface area contributed by atoms with Gasteiger partial charge in [0.15, 0.2) is 0 Å². The number of hydrogen-bond donors (Lipinski definition) is 0. The van der Waals surface area contributed by atoms with Crippen molar-refractivity contribution in [3.05, 3.63) is 54.1 Å². The smallest absolute Gasteiger partial charge is 0.299 e. The molecule has 27 heavy (non-hydrogen) atoms. The standard InChI is InChI=1S/C20H21F3N4/c1-3-4-10-27(2)13-18-25-12-15-8-7-14(11-17(15)26-18)19-16(20(21,22)23)6-5-9-24-19/h5-9,11-12H,3-4,10,13H2,1-2H3. The Balaban J connectivity index is 1.96. The molecule has 0 saturated carbocycles. The van der Waals surface area contributed by atoms with Crippen LogP contribution in [0.15, 0.2) is 42.7 Å². The summed E-state index contributed by atoms with van der Waals surface area (Å²) in [7, 11) is 2.00. The van der Waals surface area contributed by atoms with Gasteiger partial charge in [-0.15, -0.1) is 0 Å². The van der Waals surface area contributed by atoms with E-state index in [2.05, 4.69) is 26.8 Å². The highest BCUT2D eigenvalue weighted by atomic mass is 19.4. The monoisotopic (exact) mass is 374 g/mol. The van der Waals surface area contributed by atoms with Crippen LogP contribution in [0.1, 0.15) is 31.2 Å².